The number of carbonyl (C=O) groups excluding carboxylic acids is 1. The van der Waals surface area contributed by atoms with Crippen LogP contribution in [0.1, 0.15) is 6.42 Å². The highest BCUT2D eigenvalue weighted by Gasteiger charge is 2.17. The van der Waals surface area contributed by atoms with Crippen molar-refractivity contribution in [3.05, 3.63) is 0 Å². The third kappa shape index (κ3) is 4.69. The largest absolute Gasteiger partial charge is 0.375 e. The molecule has 0 aromatic heterocycles. The van der Waals surface area contributed by atoms with Crippen LogP contribution >= 0.6 is 0 Å². The Morgan fingerprint density at radius 3 is 2.86 bits per heavy atom. The maximum Gasteiger partial charge on any atom is 0.256 e. The summed E-state index contributed by atoms with van der Waals surface area (Å²) in [4.78, 5) is 11.3. The van der Waals surface area contributed by atoms with Crippen molar-refractivity contribution in [2.24, 2.45) is 4.36 Å². The SMILES string of the molecule is CS(C)(=O)=NC(=O)CC1CNCCO1. The first-order chi connectivity index (χ1) is 6.47. The summed E-state index contributed by atoms with van der Waals surface area (Å²) in [5, 5.41) is 3.11. The molecule has 1 rings (SSSR count). The quantitative estimate of drug-likeness (QED) is 0.689. The van der Waals surface area contributed by atoms with Gasteiger partial charge < -0.3 is 10.1 Å². The molecule has 0 bridgehead atoms. The van der Waals surface area contributed by atoms with E-state index in [2.05, 4.69) is 9.68 Å². The van der Waals surface area contributed by atoms with Gasteiger partial charge in [-0.25, -0.2) is 4.21 Å². The van der Waals surface area contributed by atoms with Crippen LogP contribution in [0, 0.1) is 0 Å². The molecule has 0 saturated carbocycles. The topological polar surface area (TPSA) is 67.8 Å². The normalized spacial score (nSPS) is 23.1. The van der Waals surface area contributed by atoms with E-state index in [9.17, 15) is 9.00 Å². The van der Waals surface area contributed by atoms with E-state index in [4.69, 9.17) is 4.74 Å². The molecule has 5 nitrogen and oxygen atoms in total. The van der Waals surface area contributed by atoms with Gasteiger partial charge in [0.25, 0.3) is 5.91 Å². The molecule has 1 aliphatic rings. The second-order valence-electron chi connectivity index (χ2n) is 3.57. The van der Waals surface area contributed by atoms with Crippen LogP contribution in [0.15, 0.2) is 4.36 Å². The van der Waals surface area contributed by atoms with Crippen LogP contribution in [0.25, 0.3) is 0 Å². The maximum absolute atomic E-state index is 11.3. The third-order valence-electron chi connectivity index (χ3n) is 1.73. The van der Waals surface area contributed by atoms with Crippen molar-refractivity contribution in [2.45, 2.75) is 12.5 Å². The van der Waals surface area contributed by atoms with Crippen LogP contribution in [0.5, 0.6) is 0 Å². The molecule has 1 unspecified atom stereocenters. The van der Waals surface area contributed by atoms with Gasteiger partial charge in [-0.1, -0.05) is 0 Å². The number of nitrogens with zero attached hydrogens (tertiary/aromatic N) is 1. The zero-order valence-electron chi connectivity index (χ0n) is 8.49. The van der Waals surface area contributed by atoms with Crippen molar-refractivity contribution in [3.63, 3.8) is 0 Å². The summed E-state index contributed by atoms with van der Waals surface area (Å²) in [5.74, 6) is -0.339. The van der Waals surface area contributed by atoms with Crippen LogP contribution < -0.4 is 5.32 Å². The molecule has 0 spiro atoms. The van der Waals surface area contributed by atoms with E-state index in [1.807, 2.05) is 0 Å². The van der Waals surface area contributed by atoms with Gasteiger partial charge in [0.2, 0.25) is 0 Å². The van der Waals surface area contributed by atoms with Gasteiger partial charge in [-0.15, -0.1) is 0 Å². The molecular weight excluding hydrogens is 204 g/mol. The molecule has 1 atom stereocenters. The van der Waals surface area contributed by atoms with Crippen LogP contribution in [0.2, 0.25) is 0 Å². The molecule has 0 aromatic carbocycles. The third-order valence-corrected chi connectivity index (χ3v) is 2.37. The summed E-state index contributed by atoms with van der Waals surface area (Å²) in [5.41, 5.74) is 0. The second kappa shape index (κ2) is 4.86. The fourth-order valence-electron chi connectivity index (χ4n) is 1.23. The van der Waals surface area contributed by atoms with Crippen LogP contribution in [0.4, 0.5) is 0 Å². The van der Waals surface area contributed by atoms with E-state index in [1.165, 1.54) is 12.5 Å². The number of hydrogen-bond donors (Lipinski definition) is 1. The molecule has 1 N–H and O–H groups in total. The van der Waals surface area contributed by atoms with Crippen molar-refractivity contribution >= 4 is 15.6 Å². The van der Waals surface area contributed by atoms with Crippen molar-refractivity contribution in [2.75, 3.05) is 32.2 Å². The number of nitrogens with one attached hydrogen (secondary N) is 1. The minimum atomic E-state index is -2.32. The molecule has 1 saturated heterocycles. The summed E-state index contributed by atoms with van der Waals surface area (Å²) in [7, 11) is -2.32. The highest BCUT2D eigenvalue weighted by atomic mass is 32.2. The van der Waals surface area contributed by atoms with E-state index < -0.39 is 9.73 Å². The molecule has 1 amide bonds. The van der Waals surface area contributed by atoms with Gasteiger partial charge in [0, 0.05) is 35.3 Å². The fraction of sp³-hybridized carbons (Fsp3) is 0.875. The summed E-state index contributed by atoms with van der Waals surface area (Å²) >= 11 is 0. The van der Waals surface area contributed by atoms with E-state index in [1.54, 1.807) is 0 Å². The first-order valence-corrected chi connectivity index (χ1v) is 6.83. The summed E-state index contributed by atoms with van der Waals surface area (Å²) in [6.07, 6.45) is 2.99. The molecule has 1 aliphatic heterocycles. The molecular formula is C8H16N2O3S. The molecule has 14 heavy (non-hydrogen) atoms. The lowest BCUT2D eigenvalue weighted by atomic mass is 10.2. The number of morpholine rings is 1. The predicted molar refractivity (Wildman–Crippen MR) is 54.7 cm³/mol. The first kappa shape index (κ1) is 11.6. The number of hydrogen-bond acceptors (Lipinski definition) is 4. The van der Waals surface area contributed by atoms with Gasteiger partial charge in [-0.2, -0.15) is 4.36 Å². The lowest BCUT2D eigenvalue weighted by Gasteiger charge is -2.22. The van der Waals surface area contributed by atoms with Gasteiger partial charge in [0.15, 0.2) is 0 Å². The minimum Gasteiger partial charge on any atom is -0.375 e. The van der Waals surface area contributed by atoms with Crippen LogP contribution in [0.3, 0.4) is 0 Å². The zero-order valence-corrected chi connectivity index (χ0v) is 9.30. The van der Waals surface area contributed by atoms with Gasteiger partial charge in [0.1, 0.15) is 0 Å². The van der Waals surface area contributed by atoms with Gasteiger partial charge in [0.05, 0.1) is 19.1 Å². The molecule has 82 valence electrons. The Balaban J connectivity index is 2.44. The van der Waals surface area contributed by atoms with Crippen molar-refractivity contribution in [3.8, 4) is 0 Å². The lowest BCUT2D eigenvalue weighted by molar-refractivity contribution is -0.120. The van der Waals surface area contributed by atoms with Gasteiger partial charge in [-0.05, 0) is 0 Å². The number of amides is 1. The van der Waals surface area contributed by atoms with Crippen LogP contribution in [-0.2, 0) is 19.3 Å². The van der Waals surface area contributed by atoms with Gasteiger partial charge in [-0.3, -0.25) is 4.79 Å². The zero-order chi connectivity index (χ0) is 10.6. The molecule has 0 aliphatic carbocycles. The second-order valence-corrected chi connectivity index (χ2v) is 6.11. The fourth-order valence-corrected chi connectivity index (χ4v) is 1.79. The Labute approximate surface area is 84.4 Å². The number of rotatable bonds is 2. The summed E-state index contributed by atoms with van der Waals surface area (Å²) < 4.78 is 20.1. The molecule has 0 radical (unpaired) electrons. The number of carbonyl (C=O) groups is 1. The average molecular weight is 220 g/mol. The highest BCUT2D eigenvalue weighted by Crippen LogP contribution is 2.03. The monoisotopic (exact) mass is 220 g/mol. The molecule has 6 heteroatoms. The Hall–Kier alpha value is -0.460. The minimum absolute atomic E-state index is 0.123. The standard InChI is InChI=1S/C8H16N2O3S/c1-14(2,12)10-8(11)5-7-6-9-3-4-13-7/h7,9H,3-6H2,1-2H3. The van der Waals surface area contributed by atoms with E-state index in [0.29, 0.717) is 13.2 Å². The summed E-state index contributed by atoms with van der Waals surface area (Å²) in [6.45, 7) is 2.10. The Morgan fingerprint density at radius 2 is 2.36 bits per heavy atom. The van der Waals surface area contributed by atoms with E-state index in [0.717, 1.165) is 6.54 Å². The van der Waals surface area contributed by atoms with Crippen LogP contribution in [-0.4, -0.2) is 48.4 Å². The molecule has 1 fully saturated rings. The Bertz CT molecular complexity index is 307. The molecule has 0 aromatic rings. The van der Waals surface area contributed by atoms with E-state index in [-0.39, 0.29) is 18.4 Å². The highest BCUT2D eigenvalue weighted by molar-refractivity contribution is 7.92. The summed E-state index contributed by atoms with van der Waals surface area (Å²) in [6, 6.07) is 0. The predicted octanol–water partition coefficient (Wildman–Crippen LogP) is -0.381. The molecule has 1 heterocycles. The van der Waals surface area contributed by atoms with Crippen molar-refractivity contribution < 1.29 is 13.7 Å². The lowest BCUT2D eigenvalue weighted by Crippen LogP contribution is -2.39. The van der Waals surface area contributed by atoms with E-state index >= 15 is 0 Å². The Morgan fingerprint density at radius 1 is 1.64 bits per heavy atom. The van der Waals surface area contributed by atoms with Gasteiger partial charge >= 0.3 is 0 Å². The smallest absolute Gasteiger partial charge is 0.256 e. The first-order valence-electron chi connectivity index (χ1n) is 4.50. The Kier molecular flexibility index (Phi) is 4.03. The maximum atomic E-state index is 11.3. The number of ether oxygens (including phenoxy) is 1. The average Bonchev–Trinajstić information content (AvgIpc) is 2.02. The van der Waals surface area contributed by atoms with Crippen molar-refractivity contribution in [1.82, 2.24) is 5.32 Å². The van der Waals surface area contributed by atoms with Crippen molar-refractivity contribution in [1.29, 1.82) is 0 Å².